The second-order valence-corrected chi connectivity index (χ2v) is 13.2. The molecule has 2 fully saturated rings. The van der Waals surface area contributed by atoms with Gasteiger partial charge in [-0.15, -0.1) is 0 Å². The molecule has 2 heterocycles. The average molecular weight is 711 g/mol. The summed E-state index contributed by atoms with van der Waals surface area (Å²) in [5, 5.41) is 5.48. The lowest BCUT2D eigenvalue weighted by Crippen LogP contribution is -2.49. The molecule has 1 saturated carbocycles. The number of nitrogens with zero attached hydrogens (tertiary/aromatic N) is 2. The number of pyridine rings is 1. The predicted molar refractivity (Wildman–Crippen MR) is 166 cm³/mol. The van der Waals surface area contributed by atoms with Gasteiger partial charge in [0.15, 0.2) is 11.5 Å². The van der Waals surface area contributed by atoms with Gasteiger partial charge in [-0.25, -0.2) is 13.8 Å². The average Bonchev–Trinajstić information content (AvgIpc) is 3.79. The van der Waals surface area contributed by atoms with Crippen LogP contribution in [0.25, 0.3) is 17.0 Å². The molecule has 1 saturated heterocycles. The molecule has 0 bridgehead atoms. The molecular weight excluding hydrogens is 679 g/mol. The van der Waals surface area contributed by atoms with Gasteiger partial charge in [0.1, 0.15) is 23.7 Å². The quantitative estimate of drug-likeness (QED) is 0.167. The third kappa shape index (κ3) is 8.26. The molecule has 1 aromatic heterocycles. The SMILES string of the molecule is COc1cc(/C=C/C2CC2)c([C@H](C)NC(=O)[C@@H]2C[C@@H](F)CN2C(=O)CNC(=O)c2ccc3cc(F)ccc3n2)cc1OS(=O)(=O)C(F)(F)F. The highest BCUT2D eigenvalue weighted by molar-refractivity contribution is 7.88. The molecule has 2 aliphatic rings. The van der Waals surface area contributed by atoms with Gasteiger partial charge in [-0.1, -0.05) is 18.2 Å². The van der Waals surface area contributed by atoms with Crippen molar-refractivity contribution < 1.29 is 53.7 Å². The van der Waals surface area contributed by atoms with Gasteiger partial charge in [0.25, 0.3) is 5.91 Å². The number of allylic oxidation sites excluding steroid dienone is 1. The normalized spacial score (nSPS) is 18.8. The van der Waals surface area contributed by atoms with Crippen molar-refractivity contribution in [2.45, 2.75) is 49.9 Å². The third-order valence-corrected chi connectivity index (χ3v) is 8.97. The number of fused-ring (bicyclic) bond motifs is 1. The minimum Gasteiger partial charge on any atom is -0.493 e. The van der Waals surface area contributed by atoms with Crippen molar-refractivity contribution in [2.24, 2.45) is 5.92 Å². The molecule has 17 heteroatoms. The number of hydrogen-bond acceptors (Lipinski definition) is 8. The van der Waals surface area contributed by atoms with Crippen molar-refractivity contribution in [2.75, 3.05) is 20.2 Å². The summed E-state index contributed by atoms with van der Waals surface area (Å²) in [5.41, 5.74) is -4.90. The molecule has 49 heavy (non-hydrogen) atoms. The van der Waals surface area contributed by atoms with Crippen LogP contribution >= 0.6 is 0 Å². The third-order valence-electron chi connectivity index (χ3n) is 8.00. The first-order valence-corrected chi connectivity index (χ1v) is 16.5. The maximum absolute atomic E-state index is 14.6. The number of halogens is 5. The molecule has 2 aromatic carbocycles. The first-order chi connectivity index (χ1) is 23.1. The Morgan fingerprint density at radius 3 is 2.51 bits per heavy atom. The number of carbonyl (C=O) groups excluding carboxylic acids is 3. The number of amides is 3. The van der Waals surface area contributed by atoms with Crippen LogP contribution in [-0.4, -0.2) is 73.9 Å². The number of rotatable bonds is 11. The molecule has 5 rings (SSSR count). The predicted octanol–water partition coefficient (Wildman–Crippen LogP) is 4.58. The zero-order valence-electron chi connectivity index (χ0n) is 26.1. The van der Waals surface area contributed by atoms with Gasteiger partial charge >= 0.3 is 15.6 Å². The Hall–Kier alpha value is -4.80. The first kappa shape index (κ1) is 35.5. The van der Waals surface area contributed by atoms with E-state index in [1.54, 1.807) is 6.08 Å². The lowest BCUT2D eigenvalue weighted by Gasteiger charge is -2.26. The summed E-state index contributed by atoms with van der Waals surface area (Å²) < 4.78 is 100. The van der Waals surface area contributed by atoms with E-state index in [2.05, 4.69) is 19.8 Å². The number of nitrogens with one attached hydrogen (secondary N) is 2. The largest absolute Gasteiger partial charge is 0.534 e. The summed E-state index contributed by atoms with van der Waals surface area (Å²) in [5.74, 6) is -3.59. The Balaban J connectivity index is 1.31. The molecule has 11 nitrogen and oxygen atoms in total. The van der Waals surface area contributed by atoms with E-state index in [1.165, 1.54) is 43.3 Å². The monoisotopic (exact) mass is 710 g/mol. The van der Waals surface area contributed by atoms with E-state index >= 15 is 0 Å². The van der Waals surface area contributed by atoms with Gasteiger partial charge in [0.2, 0.25) is 11.8 Å². The van der Waals surface area contributed by atoms with E-state index in [4.69, 9.17) is 4.74 Å². The summed E-state index contributed by atoms with van der Waals surface area (Å²) in [6, 6.07) is 6.60. The van der Waals surface area contributed by atoms with Gasteiger partial charge in [-0.3, -0.25) is 14.4 Å². The topological polar surface area (TPSA) is 144 Å². The molecular formula is C32H31F5N4O7S. The van der Waals surface area contributed by atoms with Crippen LogP contribution in [0, 0.1) is 11.7 Å². The van der Waals surface area contributed by atoms with Gasteiger partial charge in [0.05, 0.1) is 31.8 Å². The highest BCUT2D eigenvalue weighted by atomic mass is 32.2. The molecule has 1 aliphatic heterocycles. The van der Waals surface area contributed by atoms with Crippen molar-refractivity contribution in [1.29, 1.82) is 0 Å². The number of aromatic nitrogens is 1. The van der Waals surface area contributed by atoms with Crippen LogP contribution in [0.3, 0.4) is 0 Å². The fourth-order valence-electron chi connectivity index (χ4n) is 5.30. The number of ether oxygens (including phenoxy) is 1. The van der Waals surface area contributed by atoms with Crippen LogP contribution in [0.4, 0.5) is 22.0 Å². The minimum atomic E-state index is -6.07. The number of benzene rings is 2. The van der Waals surface area contributed by atoms with Crippen LogP contribution in [0.1, 0.15) is 53.8 Å². The van der Waals surface area contributed by atoms with Crippen LogP contribution < -0.4 is 19.6 Å². The molecule has 0 radical (unpaired) electrons. The fourth-order valence-corrected chi connectivity index (χ4v) is 5.76. The van der Waals surface area contributed by atoms with Crippen molar-refractivity contribution in [3.8, 4) is 11.5 Å². The number of likely N-dealkylation sites (tertiary alicyclic amines) is 1. The summed E-state index contributed by atoms with van der Waals surface area (Å²) in [7, 11) is -4.96. The summed E-state index contributed by atoms with van der Waals surface area (Å²) in [6.45, 7) is 0.429. The molecule has 262 valence electrons. The molecule has 2 N–H and O–H groups in total. The Kier molecular flexibility index (Phi) is 10.1. The van der Waals surface area contributed by atoms with Crippen molar-refractivity contribution in [3.63, 3.8) is 0 Å². The van der Waals surface area contributed by atoms with E-state index in [1.807, 2.05) is 6.08 Å². The maximum atomic E-state index is 14.6. The van der Waals surface area contributed by atoms with Crippen molar-refractivity contribution >= 4 is 44.8 Å². The van der Waals surface area contributed by atoms with Crippen LogP contribution in [0.15, 0.2) is 48.5 Å². The summed E-state index contributed by atoms with van der Waals surface area (Å²) in [6.07, 6.45) is 3.43. The van der Waals surface area contributed by atoms with Crippen molar-refractivity contribution in [3.05, 3.63) is 71.2 Å². The summed E-state index contributed by atoms with van der Waals surface area (Å²) in [4.78, 5) is 44.4. The Bertz CT molecular complexity index is 1920. The van der Waals surface area contributed by atoms with Crippen LogP contribution in [0.5, 0.6) is 11.5 Å². The van der Waals surface area contributed by atoms with Gasteiger partial charge in [-0.05, 0) is 73.2 Å². The zero-order valence-corrected chi connectivity index (χ0v) is 26.9. The van der Waals surface area contributed by atoms with E-state index in [-0.39, 0.29) is 29.3 Å². The Morgan fingerprint density at radius 2 is 1.84 bits per heavy atom. The van der Waals surface area contributed by atoms with Crippen LogP contribution in [0.2, 0.25) is 0 Å². The van der Waals surface area contributed by atoms with E-state index in [9.17, 15) is 44.8 Å². The fraction of sp³-hybridized carbons (Fsp3) is 0.375. The second kappa shape index (κ2) is 14.0. The Labute approximate surface area is 277 Å². The van der Waals surface area contributed by atoms with Gasteiger partial charge in [-0.2, -0.15) is 21.6 Å². The zero-order chi connectivity index (χ0) is 35.7. The summed E-state index contributed by atoms with van der Waals surface area (Å²) >= 11 is 0. The minimum absolute atomic E-state index is 0.0581. The molecule has 0 spiro atoms. The number of hydrogen-bond donors (Lipinski definition) is 2. The van der Waals surface area contributed by atoms with Gasteiger partial charge < -0.3 is 24.5 Å². The molecule has 1 aliphatic carbocycles. The molecule has 3 atom stereocenters. The first-order valence-electron chi connectivity index (χ1n) is 15.1. The molecule has 0 unspecified atom stereocenters. The number of alkyl halides is 4. The highest BCUT2D eigenvalue weighted by Gasteiger charge is 2.49. The Morgan fingerprint density at radius 1 is 1.10 bits per heavy atom. The standard InChI is InChI=1S/C32H31F5N4O7S/c1-17(23-14-28(48-49(45,46)32(35,36)37)27(47-2)12-19(23)6-5-18-3-4-18)39-31(44)26-13-22(34)16-41(26)29(42)15-38-30(43)25-9-7-20-11-21(33)8-10-24(20)40-25/h5-12,14,17-18,22,26H,3-4,13,15-16H2,1-2H3,(H,38,43)(H,39,44)/b6-5+/t17-,22+,26-/m0/s1. The maximum Gasteiger partial charge on any atom is 0.534 e. The van der Waals surface area contributed by atoms with E-state index in [0.29, 0.717) is 16.5 Å². The lowest BCUT2D eigenvalue weighted by molar-refractivity contribution is -0.138. The highest BCUT2D eigenvalue weighted by Crippen LogP contribution is 2.39. The van der Waals surface area contributed by atoms with E-state index in [0.717, 1.165) is 30.9 Å². The number of methoxy groups -OCH3 is 1. The smallest absolute Gasteiger partial charge is 0.493 e. The lowest BCUT2D eigenvalue weighted by atomic mass is 9.99. The molecule has 3 amide bonds. The van der Waals surface area contributed by atoms with E-state index < -0.39 is 76.3 Å². The van der Waals surface area contributed by atoms with Gasteiger partial charge in [0, 0.05) is 11.8 Å². The second-order valence-electron chi connectivity index (χ2n) is 11.7. The number of carbonyl (C=O) groups is 3. The van der Waals surface area contributed by atoms with Crippen molar-refractivity contribution in [1.82, 2.24) is 20.5 Å². The van der Waals surface area contributed by atoms with Crippen LogP contribution in [-0.2, 0) is 19.7 Å². The molecule has 3 aromatic rings.